The zero-order valence-corrected chi connectivity index (χ0v) is 19.2. The van der Waals surface area contributed by atoms with E-state index < -0.39 is 0 Å². The molecule has 1 atom stereocenters. The predicted molar refractivity (Wildman–Crippen MR) is 128 cm³/mol. The first-order valence-electron chi connectivity index (χ1n) is 11.7. The van der Waals surface area contributed by atoms with Crippen molar-refractivity contribution in [2.24, 2.45) is 0 Å². The molecule has 1 aliphatic heterocycles. The van der Waals surface area contributed by atoms with Gasteiger partial charge in [0.2, 0.25) is 5.91 Å². The number of aromatic amines is 1. The van der Waals surface area contributed by atoms with E-state index >= 15 is 0 Å². The van der Waals surface area contributed by atoms with Gasteiger partial charge in [0.15, 0.2) is 0 Å². The van der Waals surface area contributed by atoms with Crippen molar-refractivity contribution in [1.82, 2.24) is 14.9 Å². The molecule has 1 saturated carbocycles. The van der Waals surface area contributed by atoms with Crippen LogP contribution in [0, 0.1) is 11.3 Å². The molecule has 2 aliphatic rings. The molecular weight excluding hydrogens is 414 g/mol. The van der Waals surface area contributed by atoms with Gasteiger partial charge in [-0.2, -0.15) is 5.26 Å². The molecule has 2 aromatic heterocycles. The lowest BCUT2D eigenvalue weighted by Gasteiger charge is -2.41. The Bertz CT molecular complexity index is 1220. The van der Waals surface area contributed by atoms with Crippen molar-refractivity contribution < 1.29 is 9.53 Å². The molecule has 2 fully saturated rings. The molecule has 170 valence electrons. The fraction of sp³-hybridized carbons (Fsp3) is 0.423. The van der Waals surface area contributed by atoms with E-state index in [1.165, 1.54) is 0 Å². The monoisotopic (exact) mass is 443 g/mol. The molecule has 1 amide bonds. The standard InChI is InChI=1S/C26H29N5O2/c1-17-16-30(11-12-31(17)24(32)9-13-33-2)26-19(15-27)14-22(25(29-26)18-6-7-18)20-4-3-5-23-21(20)8-10-28-23/h3-5,8,10,14,17-18,28H,6-7,9,11-13,16H2,1-2H3/t17-/m1/s1. The summed E-state index contributed by atoms with van der Waals surface area (Å²) in [5, 5.41) is 11.2. The number of anilines is 1. The van der Waals surface area contributed by atoms with E-state index in [0.717, 1.165) is 46.4 Å². The van der Waals surface area contributed by atoms with Crippen LogP contribution >= 0.6 is 0 Å². The highest BCUT2D eigenvalue weighted by atomic mass is 16.5. The highest BCUT2D eigenvalue weighted by molar-refractivity contribution is 5.96. The van der Waals surface area contributed by atoms with Crippen LogP contribution in [0.2, 0.25) is 0 Å². The number of amides is 1. The molecule has 7 heteroatoms. The summed E-state index contributed by atoms with van der Waals surface area (Å²) in [7, 11) is 1.61. The van der Waals surface area contributed by atoms with E-state index in [1.54, 1.807) is 7.11 Å². The van der Waals surface area contributed by atoms with E-state index in [2.05, 4.69) is 41.1 Å². The van der Waals surface area contributed by atoms with Gasteiger partial charge in [0.05, 0.1) is 24.3 Å². The number of piperazine rings is 1. The zero-order chi connectivity index (χ0) is 22.9. The molecule has 0 spiro atoms. The second-order valence-corrected chi connectivity index (χ2v) is 9.05. The maximum absolute atomic E-state index is 12.5. The van der Waals surface area contributed by atoms with Crippen LogP contribution < -0.4 is 4.90 Å². The first-order chi connectivity index (χ1) is 16.1. The lowest BCUT2D eigenvalue weighted by Crippen LogP contribution is -2.54. The van der Waals surface area contributed by atoms with Gasteiger partial charge in [0.25, 0.3) is 0 Å². The topological polar surface area (TPSA) is 85.2 Å². The number of carbonyl (C=O) groups excluding carboxylic acids is 1. The molecule has 1 N–H and O–H groups in total. The van der Waals surface area contributed by atoms with E-state index in [-0.39, 0.29) is 11.9 Å². The number of benzene rings is 1. The van der Waals surface area contributed by atoms with Crippen LogP contribution in [0.15, 0.2) is 36.5 Å². The maximum atomic E-state index is 12.5. The molecule has 5 rings (SSSR count). The van der Waals surface area contributed by atoms with Crippen LogP contribution in [0.1, 0.15) is 43.4 Å². The van der Waals surface area contributed by atoms with Crippen molar-refractivity contribution in [3.63, 3.8) is 0 Å². The summed E-state index contributed by atoms with van der Waals surface area (Å²) in [4.78, 5) is 25.0. The van der Waals surface area contributed by atoms with Gasteiger partial charge in [-0.15, -0.1) is 0 Å². The van der Waals surface area contributed by atoms with Crippen LogP contribution in [-0.4, -0.2) is 60.2 Å². The smallest absolute Gasteiger partial charge is 0.225 e. The number of ether oxygens (including phenoxy) is 1. The van der Waals surface area contributed by atoms with Gasteiger partial charge in [-0.05, 0) is 43.5 Å². The highest BCUT2D eigenvalue weighted by Gasteiger charge is 2.33. The van der Waals surface area contributed by atoms with Crippen molar-refractivity contribution in [3.05, 3.63) is 47.8 Å². The van der Waals surface area contributed by atoms with Crippen LogP contribution in [0.5, 0.6) is 0 Å². The summed E-state index contributed by atoms with van der Waals surface area (Å²) in [5.74, 6) is 1.31. The number of nitriles is 1. The van der Waals surface area contributed by atoms with Gasteiger partial charge in [-0.1, -0.05) is 12.1 Å². The quantitative estimate of drug-likeness (QED) is 0.621. The largest absolute Gasteiger partial charge is 0.384 e. The van der Waals surface area contributed by atoms with Crippen molar-refractivity contribution >= 4 is 22.6 Å². The number of hydrogen-bond donors (Lipinski definition) is 1. The molecule has 3 heterocycles. The number of rotatable bonds is 6. The van der Waals surface area contributed by atoms with Crippen LogP contribution in [0.25, 0.3) is 22.0 Å². The summed E-state index contributed by atoms with van der Waals surface area (Å²) < 4.78 is 5.06. The lowest BCUT2D eigenvalue weighted by atomic mass is 9.96. The summed E-state index contributed by atoms with van der Waals surface area (Å²) in [6, 6.07) is 12.8. The Labute approximate surface area is 194 Å². The fourth-order valence-corrected chi connectivity index (χ4v) is 4.90. The summed E-state index contributed by atoms with van der Waals surface area (Å²) >= 11 is 0. The number of H-pyrrole nitrogens is 1. The molecule has 3 aromatic rings. The molecular formula is C26H29N5O2. The van der Waals surface area contributed by atoms with Gasteiger partial charge >= 0.3 is 0 Å². The minimum absolute atomic E-state index is 0.0501. The zero-order valence-electron chi connectivity index (χ0n) is 19.2. The maximum Gasteiger partial charge on any atom is 0.225 e. The molecule has 0 radical (unpaired) electrons. The molecule has 1 saturated heterocycles. The Kier molecular flexibility index (Phi) is 5.77. The first-order valence-corrected chi connectivity index (χ1v) is 11.7. The number of aromatic nitrogens is 2. The molecule has 0 bridgehead atoms. The van der Waals surface area contributed by atoms with Gasteiger partial charge in [0.1, 0.15) is 11.9 Å². The Hall–Kier alpha value is -3.37. The van der Waals surface area contributed by atoms with Crippen molar-refractivity contribution in [3.8, 4) is 17.2 Å². The number of methoxy groups -OCH3 is 1. The summed E-state index contributed by atoms with van der Waals surface area (Å²) in [6.45, 7) is 4.45. The van der Waals surface area contributed by atoms with E-state index in [0.29, 0.717) is 44.1 Å². The molecule has 0 unspecified atom stereocenters. The third kappa shape index (κ3) is 4.07. The summed E-state index contributed by atoms with van der Waals surface area (Å²) in [5.41, 5.74) is 4.94. The molecule has 33 heavy (non-hydrogen) atoms. The van der Waals surface area contributed by atoms with Crippen molar-refractivity contribution in [1.29, 1.82) is 5.26 Å². The number of nitrogens with zero attached hydrogens (tertiary/aromatic N) is 4. The van der Waals surface area contributed by atoms with Crippen LogP contribution in [0.4, 0.5) is 5.82 Å². The second-order valence-electron chi connectivity index (χ2n) is 9.05. The number of carbonyl (C=O) groups is 1. The summed E-state index contributed by atoms with van der Waals surface area (Å²) in [6.07, 6.45) is 4.61. The third-order valence-corrected chi connectivity index (χ3v) is 6.77. The average Bonchev–Trinajstić information content (AvgIpc) is 3.57. The highest BCUT2D eigenvalue weighted by Crippen LogP contribution is 2.46. The van der Waals surface area contributed by atoms with Crippen LogP contribution in [0.3, 0.4) is 0 Å². The van der Waals surface area contributed by atoms with Crippen molar-refractivity contribution in [2.75, 3.05) is 38.3 Å². The van der Waals surface area contributed by atoms with Crippen molar-refractivity contribution in [2.45, 2.75) is 38.1 Å². The Morgan fingerprint density at radius 2 is 2.12 bits per heavy atom. The second kappa shape index (κ2) is 8.87. The Balaban J connectivity index is 1.49. The van der Waals surface area contributed by atoms with Gasteiger partial charge in [-0.3, -0.25) is 4.79 Å². The van der Waals surface area contributed by atoms with Crippen LogP contribution in [-0.2, 0) is 9.53 Å². The average molecular weight is 444 g/mol. The SMILES string of the molecule is COCCC(=O)N1CCN(c2nc(C3CC3)c(-c3cccc4[nH]ccc34)cc2C#N)C[C@H]1C. The predicted octanol–water partition coefficient (Wildman–Crippen LogP) is 4.05. The fourth-order valence-electron chi connectivity index (χ4n) is 4.90. The number of pyridine rings is 1. The van der Waals surface area contributed by atoms with E-state index in [1.807, 2.05) is 23.2 Å². The van der Waals surface area contributed by atoms with Gasteiger partial charge < -0.3 is 19.5 Å². The third-order valence-electron chi connectivity index (χ3n) is 6.77. The molecule has 1 aliphatic carbocycles. The Morgan fingerprint density at radius 3 is 2.85 bits per heavy atom. The first kappa shape index (κ1) is 21.5. The van der Waals surface area contributed by atoms with Gasteiger partial charge in [-0.25, -0.2) is 4.98 Å². The van der Waals surface area contributed by atoms with E-state index in [4.69, 9.17) is 9.72 Å². The number of fused-ring (bicyclic) bond motifs is 1. The number of hydrogen-bond acceptors (Lipinski definition) is 5. The van der Waals surface area contributed by atoms with E-state index in [9.17, 15) is 10.1 Å². The van der Waals surface area contributed by atoms with Gasteiger partial charge in [0, 0.05) is 61.4 Å². The minimum Gasteiger partial charge on any atom is -0.384 e. The number of nitrogens with one attached hydrogen (secondary N) is 1. The Morgan fingerprint density at radius 1 is 1.27 bits per heavy atom. The normalized spacial score (nSPS) is 18.5. The minimum atomic E-state index is 0.0501. The molecule has 1 aromatic carbocycles. The molecule has 7 nitrogen and oxygen atoms in total. The lowest BCUT2D eigenvalue weighted by molar-refractivity contribution is -0.134.